The number of rotatable bonds is 1. The summed E-state index contributed by atoms with van der Waals surface area (Å²) in [4.78, 5) is 0. The quantitative estimate of drug-likeness (QED) is 0.872. The van der Waals surface area contributed by atoms with Crippen LogP contribution in [0.4, 0.5) is 0 Å². The second-order valence-electron chi connectivity index (χ2n) is 4.66. The van der Waals surface area contributed by atoms with Crippen LogP contribution in [0.25, 0.3) is 10.9 Å². The van der Waals surface area contributed by atoms with E-state index in [1.54, 1.807) is 0 Å². The van der Waals surface area contributed by atoms with Gasteiger partial charge in [-0.05, 0) is 52.9 Å². The molecule has 0 bridgehead atoms. The molecule has 4 heteroatoms. The van der Waals surface area contributed by atoms with Gasteiger partial charge in [-0.2, -0.15) is 5.10 Å². The first-order valence-electron chi connectivity index (χ1n) is 5.52. The summed E-state index contributed by atoms with van der Waals surface area (Å²) in [6.07, 6.45) is 3.43. The topological polar surface area (TPSA) is 43.8 Å². The highest BCUT2D eigenvalue weighted by Crippen LogP contribution is 2.39. The molecule has 1 aromatic carbocycles. The smallest absolute Gasteiger partial charge is 0.135 e. The normalized spacial score (nSPS) is 18.7. The fourth-order valence-corrected chi connectivity index (χ4v) is 2.94. The van der Waals surface area contributed by atoms with E-state index in [1.165, 1.54) is 12.0 Å². The number of benzene rings is 1. The number of hydrogen-bond donors (Lipinski definition) is 1. The molecule has 2 aromatic rings. The van der Waals surface area contributed by atoms with Crippen molar-refractivity contribution in [1.29, 1.82) is 0 Å². The summed E-state index contributed by atoms with van der Waals surface area (Å²) in [5.41, 5.74) is 8.62. The molecule has 1 aliphatic carbocycles. The number of fused-ring (bicyclic) bond motifs is 1. The van der Waals surface area contributed by atoms with Crippen LogP contribution in [0.5, 0.6) is 0 Å². The fourth-order valence-electron chi connectivity index (χ4n) is 2.37. The lowest BCUT2D eigenvalue weighted by atomic mass is 9.73. The molecule has 3 rings (SSSR count). The van der Waals surface area contributed by atoms with Crippen molar-refractivity contribution in [2.45, 2.75) is 24.8 Å². The van der Waals surface area contributed by atoms with E-state index in [2.05, 4.69) is 39.2 Å². The lowest BCUT2D eigenvalue weighted by Gasteiger charge is -2.38. The number of nitrogens with two attached hydrogens (primary N) is 1. The van der Waals surface area contributed by atoms with Crippen molar-refractivity contribution in [2.24, 2.45) is 12.8 Å². The lowest BCUT2D eigenvalue weighted by Crippen LogP contribution is -2.43. The Balaban J connectivity index is 2.19. The van der Waals surface area contributed by atoms with E-state index >= 15 is 0 Å². The van der Waals surface area contributed by atoms with E-state index in [1.807, 2.05) is 11.7 Å². The van der Waals surface area contributed by atoms with Gasteiger partial charge in [-0.1, -0.05) is 6.07 Å². The Labute approximate surface area is 103 Å². The highest BCUT2D eigenvalue weighted by molar-refractivity contribution is 9.10. The molecule has 0 amide bonds. The van der Waals surface area contributed by atoms with Crippen molar-refractivity contribution in [1.82, 2.24) is 9.78 Å². The number of hydrogen-bond acceptors (Lipinski definition) is 2. The van der Waals surface area contributed by atoms with Crippen LogP contribution in [-0.4, -0.2) is 9.78 Å². The van der Waals surface area contributed by atoms with Crippen molar-refractivity contribution in [3.8, 4) is 0 Å². The molecule has 84 valence electrons. The standard InChI is InChI=1S/C12H14BrN3/c1-16-10-7-8(12(14)5-2-6-12)3-4-9(10)11(13)15-16/h3-4,7H,2,5-6,14H2,1H3. The van der Waals surface area contributed by atoms with Crippen molar-refractivity contribution in [2.75, 3.05) is 0 Å². The molecule has 0 saturated heterocycles. The summed E-state index contributed by atoms with van der Waals surface area (Å²) >= 11 is 3.46. The molecule has 2 N–H and O–H groups in total. The average molecular weight is 280 g/mol. The molecule has 0 atom stereocenters. The monoisotopic (exact) mass is 279 g/mol. The molecule has 16 heavy (non-hydrogen) atoms. The zero-order valence-corrected chi connectivity index (χ0v) is 10.8. The molecular formula is C12H14BrN3. The van der Waals surface area contributed by atoms with Crippen molar-refractivity contribution in [3.05, 3.63) is 28.4 Å². The average Bonchev–Trinajstić information content (AvgIpc) is 2.51. The number of halogens is 1. The maximum absolute atomic E-state index is 6.33. The van der Waals surface area contributed by atoms with E-state index in [0.717, 1.165) is 28.3 Å². The van der Waals surface area contributed by atoms with Gasteiger partial charge in [0.15, 0.2) is 0 Å². The second kappa shape index (κ2) is 3.31. The van der Waals surface area contributed by atoms with Gasteiger partial charge in [-0.15, -0.1) is 0 Å². The van der Waals surface area contributed by atoms with E-state index in [-0.39, 0.29) is 5.54 Å². The van der Waals surface area contributed by atoms with E-state index < -0.39 is 0 Å². The van der Waals surface area contributed by atoms with Gasteiger partial charge in [0, 0.05) is 18.0 Å². The fraction of sp³-hybridized carbons (Fsp3) is 0.417. The first-order valence-corrected chi connectivity index (χ1v) is 6.31. The summed E-state index contributed by atoms with van der Waals surface area (Å²) in [5, 5.41) is 5.50. The van der Waals surface area contributed by atoms with Crippen LogP contribution in [0.15, 0.2) is 22.8 Å². The van der Waals surface area contributed by atoms with Crippen LogP contribution in [0.1, 0.15) is 24.8 Å². The summed E-state index contributed by atoms with van der Waals surface area (Å²) in [7, 11) is 1.96. The zero-order chi connectivity index (χ0) is 11.3. The SMILES string of the molecule is Cn1nc(Br)c2ccc(C3(N)CCC3)cc21. The Morgan fingerprint density at radius 1 is 1.44 bits per heavy atom. The highest BCUT2D eigenvalue weighted by Gasteiger charge is 2.34. The van der Waals surface area contributed by atoms with Gasteiger partial charge in [0.2, 0.25) is 0 Å². The highest BCUT2D eigenvalue weighted by atomic mass is 79.9. The molecule has 1 fully saturated rings. The van der Waals surface area contributed by atoms with E-state index in [4.69, 9.17) is 5.73 Å². The largest absolute Gasteiger partial charge is 0.321 e. The van der Waals surface area contributed by atoms with Crippen LogP contribution in [0.3, 0.4) is 0 Å². The lowest BCUT2D eigenvalue weighted by molar-refractivity contribution is 0.254. The molecule has 0 aliphatic heterocycles. The summed E-state index contributed by atoms with van der Waals surface area (Å²) in [5.74, 6) is 0. The first-order chi connectivity index (χ1) is 7.60. The maximum Gasteiger partial charge on any atom is 0.135 e. The van der Waals surface area contributed by atoms with Crippen LogP contribution >= 0.6 is 15.9 Å². The minimum absolute atomic E-state index is 0.0923. The van der Waals surface area contributed by atoms with Crippen LogP contribution in [0, 0.1) is 0 Å². The molecule has 0 radical (unpaired) electrons. The summed E-state index contributed by atoms with van der Waals surface area (Å²) in [6, 6.07) is 6.41. The minimum Gasteiger partial charge on any atom is -0.321 e. The maximum atomic E-state index is 6.33. The van der Waals surface area contributed by atoms with Gasteiger partial charge in [-0.3, -0.25) is 4.68 Å². The van der Waals surface area contributed by atoms with Gasteiger partial charge >= 0.3 is 0 Å². The van der Waals surface area contributed by atoms with Gasteiger partial charge in [0.05, 0.1) is 5.52 Å². The van der Waals surface area contributed by atoms with Crippen molar-refractivity contribution in [3.63, 3.8) is 0 Å². The predicted molar refractivity (Wildman–Crippen MR) is 68.1 cm³/mol. The number of nitrogens with zero attached hydrogens (tertiary/aromatic N) is 2. The third kappa shape index (κ3) is 1.33. The van der Waals surface area contributed by atoms with Crippen LogP contribution in [-0.2, 0) is 12.6 Å². The number of aryl methyl sites for hydroxylation is 1. The molecule has 0 unspecified atom stereocenters. The first kappa shape index (κ1) is 10.3. The zero-order valence-electron chi connectivity index (χ0n) is 9.20. The molecule has 0 spiro atoms. The van der Waals surface area contributed by atoms with Crippen LogP contribution < -0.4 is 5.73 Å². The number of aromatic nitrogens is 2. The summed E-state index contributed by atoms with van der Waals surface area (Å²) in [6.45, 7) is 0. The minimum atomic E-state index is -0.0923. The Hall–Kier alpha value is -0.870. The van der Waals surface area contributed by atoms with Gasteiger partial charge in [-0.25, -0.2) is 0 Å². The van der Waals surface area contributed by atoms with Crippen molar-refractivity contribution < 1.29 is 0 Å². The summed E-state index contributed by atoms with van der Waals surface area (Å²) < 4.78 is 2.79. The van der Waals surface area contributed by atoms with Gasteiger partial charge in [0.1, 0.15) is 4.60 Å². The van der Waals surface area contributed by atoms with Gasteiger partial charge < -0.3 is 5.73 Å². The second-order valence-corrected chi connectivity index (χ2v) is 5.41. The Bertz CT molecular complexity index is 555. The van der Waals surface area contributed by atoms with E-state index in [0.29, 0.717) is 0 Å². The molecular weight excluding hydrogens is 266 g/mol. The third-order valence-corrected chi connectivity index (χ3v) is 4.21. The van der Waals surface area contributed by atoms with Gasteiger partial charge in [0.25, 0.3) is 0 Å². The molecule has 1 heterocycles. The van der Waals surface area contributed by atoms with E-state index in [9.17, 15) is 0 Å². The Kier molecular flexibility index (Phi) is 2.13. The molecule has 1 aliphatic rings. The van der Waals surface area contributed by atoms with Crippen LogP contribution in [0.2, 0.25) is 0 Å². The molecule has 1 aromatic heterocycles. The molecule has 3 nitrogen and oxygen atoms in total. The third-order valence-electron chi connectivity index (χ3n) is 3.63. The predicted octanol–water partition coefficient (Wildman–Crippen LogP) is 2.67. The Morgan fingerprint density at radius 3 is 2.81 bits per heavy atom. The van der Waals surface area contributed by atoms with Crippen molar-refractivity contribution >= 4 is 26.8 Å². The molecule has 1 saturated carbocycles. The Morgan fingerprint density at radius 2 is 2.19 bits per heavy atom.